The Hall–Kier alpha value is -2.72. The molecule has 0 spiro atoms. The average molecular weight is 485 g/mol. The maximum atomic E-state index is 13.7. The van der Waals surface area contributed by atoms with Crippen LogP contribution in [-0.4, -0.2) is 37.1 Å². The molecule has 0 bridgehead atoms. The second-order valence-corrected chi connectivity index (χ2v) is 8.46. The zero-order valence-electron chi connectivity index (χ0n) is 17.6. The van der Waals surface area contributed by atoms with Gasteiger partial charge in [0.15, 0.2) is 11.5 Å². The molecular formula is C22H21ClF4N4O2. The molecule has 1 fully saturated rings. The van der Waals surface area contributed by atoms with E-state index in [4.69, 9.17) is 11.6 Å². The minimum atomic E-state index is -4.77. The van der Waals surface area contributed by atoms with Crippen molar-refractivity contribution in [2.45, 2.75) is 50.7 Å². The van der Waals surface area contributed by atoms with Gasteiger partial charge in [0.1, 0.15) is 11.9 Å². The number of Topliss-reactive ketones (excluding diaryl/α,β-unsaturated/α-hetero) is 1. The summed E-state index contributed by atoms with van der Waals surface area (Å²) in [4.78, 5) is 13.2. The van der Waals surface area contributed by atoms with Gasteiger partial charge in [0, 0.05) is 24.5 Å². The van der Waals surface area contributed by atoms with Crippen LogP contribution in [0, 0.1) is 12.7 Å². The number of carbonyl (C=O) groups is 1. The molecule has 1 aromatic carbocycles. The van der Waals surface area contributed by atoms with E-state index in [1.807, 2.05) is 0 Å². The van der Waals surface area contributed by atoms with Crippen LogP contribution in [0.25, 0.3) is 5.69 Å². The highest BCUT2D eigenvalue weighted by Crippen LogP contribution is 2.43. The van der Waals surface area contributed by atoms with Gasteiger partial charge in [0.2, 0.25) is 0 Å². The first-order valence-electron chi connectivity index (χ1n) is 10.4. The van der Waals surface area contributed by atoms with Gasteiger partial charge in [0.05, 0.1) is 28.3 Å². The molecule has 0 aliphatic heterocycles. The highest BCUT2D eigenvalue weighted by atomic mass is 35.5. The van der Waals surface area contributed by atoms with E-state index in [0.717, 1.165) is 23.2 Å². The summed E-state index contributed by atoms with van der Waals surface area (Å²) in [6.45, 7) is 0.923. The topological polar surface area (TPSA) is 72.9 Å². The summed E-state index contributed by atoms with van der Waals surface area (Å²) in [5.41, 5.74) is 0.639. The molecule has 0 amide bonds. The highest BCUT2D eigenvalue weighted by Gasteiger charge is 2.40. The van der Waals surface area contributed by atoms with Crippen molar-refractivity contribution in [2.24, 2.45) is 0 Å². The number of aliphatic hydroxyl groups excluding tert-OH is 1. The summed E-state index contributed by atoms with van der Waals surface area (Å²) in [5, 5.41) is 16.8. The maximum absolute atomic E-state index is 13.7. The Kier molecular flexibility index (Phi) is 6.32. The van der Waals surface area contributed by atoms with E-state index in [-0.39, 0.29) is 24.5 Å². The zero-order valence-corrected chi connectivity index (χ0v) is 18.4. The molecule has 33 heavy (non-hydrogen) atoms. The average Bonchev–Trinajstić information content (AvgIpc) is 3.43. The van der Waals surface area contributed by atoms with E-state index >= 15 is 0 Å². The highest BCUT2D eigenvalue weighted by molar-refractivity contribution is 6.32. The van der Waals surface area contributed by atoms with Crippen LogP contribution in [0.4, 0.5) is 17.6 Å². The molecule has 1 saturated carbocycles. The SMILES string of the molecule is Cc1c(Cl)c(C(F)(F)F)nn1C(CCO)C(=O)Cc1cnn(-c2cccc(F)c2)c1C1CC1. The fourth-order valence-corrected chi connectivity index (χ4v) is 4.20. The molecular weight excluding hydrogens is 464 g/mol. The van der Waals surface area contributed by atoms with Crippen molar-refractivity contribution in [1.82, 2.24) is 19.6 Å². The first-order chi connectivity index (χ1) is 15.6. The van der Waals surface area contributed by atoms with E-state index in [1.165, 1.54) is 25.3 Å². The summed E-state index contributed by atoms with van der Waals surface area (Å²) in [6, 6.07) is 4.80. The van der Waals surface area contributed by atoms with Gasteiger partial charge in [-0.3, -0.25) is 9.48 Å². The van der Waals surface area contributed by atoms with E-state index in [2.05, 4.69) is 10.2 Å². The number of rotatable bonds is 8. The number of ketones is 1. The predicted molar refractivity (Wildman–Crippen MR) is 112 cm³/mol. The van der Waals surface area contributed by atoms with Crippen molar-refractivity contribution in [2.75, 3.05) is 6.61 Å². The molecule has 0 saturated heterocycles. The summed E-state index contributed by atoms with van der Waals surface area (Å²) >= 11 is 5.85. The number of alkyl halides is 3. The largest absolute Gasteiger partial charge is 0.436 e. The van der Waals surface area contributed by atoms with Gasteiger partial charge in [-0.05, 0) is 44.4 Å². The van der Waals surface area contributed by atoms with E-state index in [0.29, 0.717) is 11.3 Å². The molecule has 1 aliphatic carbocycles. The fraction of sp³-hybridized carbons (Fsp3) is 0.409. The fourth-order valence-electron chi connectivity index (χ4n) is 3.96. The molecule has 1 unspecified atom stereocenters. The molecule has 6 nitrogen and oxygen atoms in total. The smallest absolute Gasteiger partial charge is 0.396 e. The van der Waals surface area contributed by atoms with E-state index < -0.39 is 41.1 Å². The van der Waals surface area contributed by atoms with Crippen LogP contribution in [0.1, 0.15) is 53.9 Å². The lowest BCUT2D eigenvalue weighted by Gasteiger charge is -2.18. The normalized spacial score (nSPS) is 15.1. The van der Waals surface area contributed by atoms with Gasteiger partial charge < -0.3 is 5.11 Å². The number of aromatic nitrogens is 4. The summed E-state index contributed by atoms with van der Waals surface area (Å²) in [6.07, 6.45) is -1.70. The number of aliphatic hydroxyl groups is 1. The Labute approximate surface area is 191 Å². The molecule has 1 atom stereocenters. The number of hydrogen-bond acceptors (Lipinski definition) is 4. The summed E-state index contributed by atoms with van der Waals surface area (Å²) in [7, 11) is 0. The van der Waals surface area contributed by atoms with Crippen molar-refractivity contribution >= 4 is 17.4 Å². The molecule has 176 valence electrons. The second kappa shape index (κ2) is 8.90. The number of halogens is 5. The van der Waals surface area contributed by atoms with Gasteiger partial charge in [-0.2, -0.15) is 23.4 Å². The quantitative estimate of drug-likeness (QED) is 0.466. The number of hydrogen-bond donors (Lipinski definition) is 1. The van der Waals surface area contributed by atoms with Gasteiger partial charge in [0.25, 0.3) is 0 Å². The van der Waals surface area contributed by atoms with Crippen LogP contribution in [-0.2, 0) is 17.4 Å². The molecule has 3 aromatic rings. The van der Waals surface area contributed by atoms with E-state index in [9.17, 15) is 27.5 Å². The minimum Gasteiger partial charge on any atom is -0.396 e. The molecule has 1 aliphatic rings. The lowest BCUT2D eigenvalue weighted by atomic mass is 10.0. The van der Waals surface area contributed by atoms with Gasteiger partial charge >= 0.3 is 6.18 Å². The van der Waals surface area contributed by atoms with Crippen LogP contribution in [0.5, 0.6) is 0 Å². The second-order valence-electron chi connectivity index (χ2n) is 8.08. The first kappa shape index (κ1) is 23.4. The molecule has 2 aromatic heterocycles. The Bertz CT molecular complexity index is 1180. The standard InChI is InChI=1S/C22H21ClF4N4O2/c1-12-19(23)21(22(25,26)27)29-30(12)17(7-8-32)18(33)9-14-11-28-31(20(14)13-5-6-13)16-4-2-3-15(24)10-16/h2-4,10-11,13,17,32H,5-9H2,1H3. The predicted octanol–water partition coefficient (Wildman–Crippen LogP) is 4.80. The number of carbonyl (C=O) groups excluding carboxylic acids is 1. The third-order valence-corrected chi connectivity index (χ3v) is 6.14. The first-order valence-corrected chi connectivity index (χ1v) is 10.8. The zero-order chi connectivity index (χ0) is 23.9. The lowest BCUT2D eigenvalue weighted by Crippen LogP contribution is -2.25. The van der Waals surface area contributed by atoms with Crippen LogP contribution in [0.3, 0.4) is 0 Å². The third kappa shape index (κ3) is 4.67. The summed E-state index contributed by atoms with van der Waals surface area (Å²) in [5.74, 6) is -0.690. The Morgan fingerprint density at radius 1 is 1.33 bits per heavy atom. The van der Waals surface area contributed by atoms with Crippen molar-refractivity contribution in [3.05, 3.63) is 63.9 Å². The molecule has 0 radical (unpaired) electrons. The van der Waals surface area contributed by atoms with Gasteiger partial charge in [-0.15, -0.1) is 0 Å². The maximum Gasteiger partial charge on any atom is 0.436 e. The molecule has 2 heterocycles. The number of benzene rings is 1. The van der Waals surface area contributed by atoms with Crippen LogP contribution in [0.15, 0.2) is 30.5 Å². The molecule has 1 N–H and O–H groups in total. The van der Waals surface area contributed by atoms with Crippen molar-refractivity contribution in [1.29, 1.82) is 0 Å². The van der Waals surface area contributed by atoms with Crippen molar-refractivity contribution < 1.29 is 27.5 Å². The molecule has 4 rings (SSSR count). The molecule has 11 heteroatoms. The van der Waals surface area contributed by atoms with Gasteiger partial charge in [-0.1, -0.05) is 17.7 Å². The van der Waals surface area contributed by atoms with Crippen LogP contribution >= 0.6 is 11.6 Å². The minimum absolute atomic E-state index is 0.00587. The number of nitrogens with zero attached hydrogens (tertiary/aromatic N) is 4. The lowest BCUT2D eigenvalue weighted by molar-refractivity contribution is -0.141. The van der Waals surface area contributed by atoms with Crippen molar-refractivity contribution in [3.8, 4) is 5.69 Å². The van der Waals surface area contributed by atoms with Crippen molar-refractivity contribution in [3.63, 3.8) is 0 Å². The Balaban J connectivity index is 1.67. The Morgan fingerprint density at radius 2 is 2.06 bits per heavy atom. The van der Waals surface area contributed by atoms with Crippen LogP contribution < -0.4 is 0 Å². The van der Waals surface area contributed by atoms with E-state index in [1.54, 1.807) is 16.8 Å². The van der Waals surface area contributed by atoms with Crippen LogP contribution in [0.2, 0.25) is 5.02 Å². The summed E-state index contributed by atoms with van der Waals surface area (Å²) < 4.78 is 56.0. The third-order valence-electron chi connectivity index (χ3n) is 5.68. The Morgan fingerprint density at radius 3 is 2.64 bits per heavy atom. The van der Waals surface area contributed by atoms with Gasteiger partial charge in [-0.25, -0.2) is 9.07 Å². The monoisotopic (exact) mass is 484 g/mol.